The number of ether oxygens (including phenoxy) is 1. The van der Waals surface area contributed by atoms with Crippen molar-refractivity contribution >= 4 is 5.91 Å². The van der Waals surface area contributed by atoms with Gasteiger partial charge in [-0.1, -0.05) is 24.1 Å². The molecular weight excluding hydrogens is 266 g/mol. The fourth-order valence-electron chi connectivity index (χ4n) is 2.21. The first-order valence-corrected chi connectivity index (χ1v) is 6.84. The van der Waals surface area contributed by atoms with E-state index >= 15 is 0 Å². The van der Waals surface area contributed by atoms with E-state index in [2.05, 4.69) is 11.8 Å². The summed E-state index contributed by atoms with van der Waals surface area (Å²) in [4.78, 5) is 13.9. The standard InChI is InChI=1S/C17H15NO3/c19-17(9-8-14-5-2-1-3-6-14)18-10-12-21-16(13-18)15-7-4-11-20-15/h1-7,11,16H,10,12-13H2/t16-/m0/s1. The van der Waals surface area contributed by atoms with E-state index in [9.17, 15) is 4.79 Å². The Kier molecular flexibility index (Phi) is 4.04. The van der Waals surface area contributed by atoms with Crippen molar-refractivity contribution in [2.45, 2.75) is 6.10 Å². The first-order chi connectivity index (χ1) is 10.3. The molecule has 21 heavy (non-hydrogen) atoms. The largest absolute Gasteiger partial charge is 0.467 e. The summed E-state index contributed by atoms with van der Waals surface area (Å²) in [6.45, 7) is 1.51. The molecule has 1 aliphatic rings. The van der Waals surface area contributed by atoms with Gasteiger partial charge in [-0.15, -0.1) is 0 Å². The van der Waals surface area contributed by atoms with Gasteiger partial charge in [-0.05, 0) is 24.3 Å². The zero-order valence-corrected chi connectivity index (χ0v) is 11.5. The van der Waals surface area contributed by atoms with Gasteiger partial charge in [-0.2, -0.15) is 0 Å². The molecule has 4 nitrogen and oxygen atoms in total. The Morgan fingerprint density at radius 2 is 2.05 bits per heavy atom. The normalized spacial score (nSPS) is 17.9. The highest BCUT2D eigenvalue weighted by molar-refractivity contribution is 5.94. The highest BCUT2D eigenvalue weighted by Crippen LogP contribution is 2.22. The van der Waals surface area contributed by atoms with Gasteiger partial charge in [-0.25, -0.2) is 0 Å². The Balaban J connectivity index is 1.66. The zero-order valence-electron chi connectivity index (χ0n) is 11.5. The lowest BCUT2D eigenvalue weighted by Gasteiger charge is -2.30. The lowest BCUT2D eigenvalue weighted by molar-refractivity contribution is -0.133. The molecule has 1 saturated heterocycles. The predicted molar refractivity (Wildman–Crippen MR) is 77.3 cm³/mol. The molecule has 0 unspecified atom stereocenters. The lowest BCUT2D eigenvalue weighted by Crippen LogP contribution is -2.41. The van der Waals surface area contributed by atoms with Gasteiger partial charge in [0, 0.05) is 18.0 Å². The number of carbonyl (C=O) groups is 1. The molecule has 0 bridgehead atoms. The van der Waals surface area contributed by atoms with Crippen molar-refractivity contribution in [2.24, 2.45) is 0 Å². The third kappa shape index (κ3) is 3.33. The molecule has 3 rings (SSSR count). The van der Waals surface area contributed by atoms with Crippen LogP contribution in [0.15, 0.2) is 53.1 Å². The van der Waals surface area contributed by atoms with E-state index < -0.39 is 0 Å². The number of carbonyl (C=O) groups excluding carboxylic acids is 1. The molecule has 2 heterocycles. The van der Waals surface area contributed by atoms with Gasteiger partial charge in [0.05, 0.1) is 19.4 Å². The highest BCUT2D eigenvalue weighted by Gasteiger charge is 2.26. The molecule has 0 N–H and O–H groups in total. The number of hydrogen-bond acceptors (Lipinski definition) is 3. The molecule has 0 aliphatic carbocycles. The maximum absolute atomic E-state index is 12.2. The quantitative estimate of drug-likeness (QED) is 0.753. The summed E-state index contributed by atoms with van der Waals surface area (Å²) < 4.78 is 11.0. The van der Waals surface area contributed by atoms with Crippen LogP contribution >= 0.6 is 0 Å². The molecule has 0 saturated carbocycles. The van der Waals surface area contributed by atoms with Crippen LogP contribution in [0.3, 0.4) is 0 Å². The van der Waals surface area contributed by atoms with Crippen LogP contribution in [0.2, 0.25) is 0 Å². The topological polar surface area (TPSA) is 42.7 Å². The zero-order chi connectivity index (χ0) is 14.5. The smallest absolute Gasteiger partial charge is 0.299 e. The van der Waals surface area contributed by atoms with Crippen LogP contribution in [0.4, 0.5) is 0 Å². The van der Waals surface area contributed by atoms with Gasteiger partial charge in [0.2, 0.25) is 0 Å². The van der Waals surface area contributed by atoms with Gasteiger partial charge in [0.15, 0.2) is 0 Å². The van der Waals surface area contributed by atoms with Crippen molar-refractivity contribution in [3.8, 4) is 11.8 Å². The summed E-state index contributed by atoms with van der Waals surface area (Å²) in [5, 5.41) is 0. The molecule has 1 aromatic carbocycles. The van der Waals surface area contributed by atoms with Crippen LogP contribution in [0, 0.1) is 11.8 Å². The molecule has 1 fully saturated rings. The van der Waals surface area contributed by atoms with Gasteiger partial charge in [0.1, 0.15) is 11.9 Å². The van der Waals surface area contributed by atoms with Gasteiger partial charge in [0.25, 0.3) is 5.91 Å². The minimum atomic E-state index is -0.212. The average molecular weight is 281 g/mol. The van der Waals surface area contributed by atoms with E-state index in [1.165, 1.54) is 0 Å². The van der Waals surface area contributed by atoms with E-state index in [0.717, 1.165) is 11.3 Å². The minimum Gasteiger partial charge on any atom is -0.467 e. The maximum atomic E-state index is 12.2. The van der Waals surface area contributed by atoms with Crippen molar-refractivity contribution in [2.75, 3.05) is 19.7 Å². The van der Waals surface area contributed by atoms with Crippen molar-refractivity contribution in [1.29, 1.82) is 0 Å². The van der Waals surface area contributed by atoms with Crippen molar-refractivity contribution in [3.63, 3.8) is 0 Å². The van der Waals surface area contributed by atoms with Crippen LogP contribution in [0.5, 0.6) is 0 Å². The summed E-state index contributed by atoms with van der Waals surface area (Å²) in [5.41, 5.74) is 0.835. The fraction of sp³-hybridized carbons (Fsp3) is 0.235. The van der Waals surface area contributed by atoms with E-state index in [4.69, 9.17) is 9.15 Å². The first kappa shape index (κ1) is 13.5. The number of furan rings is 1. The summed E-state index contributed by atoms with van der Waals surface area (Å²) >= 11 is 0. The molecule has 1 amide bonds. The fourth-order valence-corrected chi connectivity index (χ4v) is 2.21. The molecular formula is C17H15NO3. The van der Waals surface area contributed by atoms with Crippen LogP contribution in [0.1, 0.15) is 17.4 Å². The predicted octanol–water partition coefficient (Wildman–Crippen LogP) is 2.23. The summed E-state index contributed by atoms with van der Waals surface area (Å²) in [7, 11) is 0. The lowest BCUT2D eigenvalue weighted by atomic mass is 10.2. The highest BCUT2D eigenvalue weighted by atomic mass is 16.5. The Labute approximate surface area is 123 Å². The maximum Gasteiger partial charge on any atom is 0.299 e. The average Bonchev–Trinajstić information content (AvgIpc) is 3.08. The van der Waals surface area contributed by atoms with Gasteiger partial charge >= 0.3 is 0 Å². The van der Waals surface area contributed by atoms with Gasteiger partial charge in [-0.3, -0.25) is 4.79 Å². The molecule has 1 atom stereocenters. The molecule has 1 aromatic heterocycles. The van der Waals surface area contributed by atoms with Crippen LogP contribution in [-0.4, -0.2) is 30.5 Å². The number of rotatable bonds is 1. The number of amides is 1. The van der Waals surface area contributed by atoms with Crippen molar-refractivity contribution in [1.82, 2.24) is 4.90 Å². The summed E-state index contributed by atoms with van der Waals surface area (Å²) in [6, 6.07) is 13.1. The molecule has 0 radical (unpaired) electrons. The summed E-state index contributed by atoms with van der Waals surface area (Å²) in [6.07, 6.45) is 1.39. The van der Waals surface area contributed by atoms with E-state index in [0.29, 0.717) is 19.7 Å². The van der Waals surface area contributed by atoms with E-state index in [-0.39, 0.29) is 12.0 Å². The molecule has 0 spiro atoms. The van der Waals surface area contributed by atoms with Gasteiger partial charge < -0.3 is 14.1 Å². The van der Waals surface area contributed by atoms with Crippen LogP contribution in [-0.2, 0) is 9.53 Å². The Morgan fingerprint density at radius 3 is 2.81 bits per heavy atom. The van der Waals surface area contributed by atoms with E-state index in [1.54, 1.807) is 11.2 Å². The third-order valence-corrected chi connectivity index (χ3v) is 3.30. The number of morpholine rings is 1. The molecule has 4 heteroatoms. The minimum absolute atomic E-state index is 0.182. The number of nitrogens with zero attached hydrogens (tertiary/aromatic N) is 1. The van der Waals surface area contributed by atoms with Crippen LogP contribution in [0.25, 0.3) is 0 Å². The number of benzene rings is 1. The Morgan fingerprint density at radius 1 is 1.19 bits per heavy atom. The first-order valence-electron chi connectivity index (χ1n) is 6.84. The SMILES string of the molecule is O=C(C#Cc1ccccc1)N1CCO[C@H](c2ccco2)C1. The van der Waals surface area contributed by atoms with Crippen molar-refractivity contribution < 1.29 is 13.9 Å². The Bertz CT molecular complexity index is 652. The Hall–Kier alpha value is -2.51. The third-order valence-electron chi connectivity index (χ3n) is 3.30. The summed E-state index contributed by atoms with van der Waals surface area (Å²) in [5.74, 6) is 6.13. The monoisotopic (exact) mass is 281 g/mol. The second kappa shape index (κ2) is 6.29. The van der Waals surface area contributed by atoms with Crippen LogP contribution < -0.4 is 0 Å². The van der Waals surface area contributed by atoms with E-state index in [1.807, 2.05) is 42.5 Å². The number of hydrogen-bond donors (Lipinski definition) is 0. The second-order valence-electron chi connectivity index (χ2n) is 4.74. The molecule has 1 aliphatic heterocycles. The molecule has 106 valence electrons. The van der Waals surface area contributed by atoms with Crippen molar-refractivity contribution in [3.05, 3.63) is 60.1 Å². The second-order valence-corrected chi connectivity index (χ2v) is 4.74. The molecule has 2 aromatic rings.